The lowest BCUT2D eigenvalue weighted by atomic mass is 10.0. The van der Waals surface area contributed by atoms with Crippen molar-refractivity contribution in [2.75, 3.05) is 0 Å². The minimum atomic E-state index is -0.312. The summed E-state index contributed by atoms with van der Waals surface area (Å²) in [6, 6.07) is 0. The van der Waals surface area contributed by atoms with Gasteiger partial charge in [0.05, 0.1) is 0 Å². The minimum Gasteiger partial charge on any atom is -0.460 e. The summed E-state index contributed by atoms with van der Waals surface area (Å²) in [6.07, 6.45) is 6.07. The molecule has 2 heteroatoms. The molecule has 0 radical (unpaired) electrons. The molecule has 0 bridgehead atoms. The Hall–Kier alpha value is -0.790. The molecule has 0 saturated heterocycles. The summed E-state index contributed by atoms with van der Waals surface area (Å²) in [7, 11) is 0. The van der Waals surface area contributed by atoms with E-state index in [1.807, 2.05) is 19.9 Å². The van der Waals surface area contributed by atoms with Crippen LogP contribution in [0, 0.1) is 0 Å². The third-order valence-corrected chi connectivity index (χ3v) is 1.86. The summed E-state index contributed by atoms with van der Waals surface area (Å²) in [4.78, 5) is 10.7. The fourth-order valence-corrected chi connectivity index (χ4v) is 1.28. The lowest BCUT2D eigenvalue weighted by Crippen LogP contribution is -2.26. The van der Waals surface area contributed by atoms with Gasteiger partial charge in [-0.15, -0.1) is 6.58 Å². The van der Waals surface area contributed by atoms with Crippen LogP contribution in [0.3, 0.4) is 0 Å². The van der Waals surface area contributed by atoms with Gasteiger partial charge in [-0.2, -0.15) is 0 Å². The highest BCUT2D eigenvalue weighted by Crippen LogP contribution is 2.18. The normalized spacial score (nSPS) is 11.0. The van der Waals surface area contributed by atoms with Crippen LogP contribution in [0.25, 0.3) is 0 Å². The first-order chi connectivity index (χ1) is 5.98. The van der Waals surface area contributed by atoms with Crippen molar-refractivity contribution in [3.05, 3.63) is 12.7 Å². The van der Waals surface area contributed by atoms with E-state index in [0.29, 0.717) is 0 Å². The van der Waals surface area contributed by atoms with Crippen molar-refractivity contribution in [2.24, 2.45) is 0 Å². The fourth-order valence-electron chi connectivity index (χ4n) is 1.28. The van der Waals surface area contributed by atoms with Gasteiger partial charge >= 0.3 is 5.97 Å². The first-order valence-corrected chi connectivity index (χ1v) is 4.78. The first-order valence-electron chi connectivity index (χ1n) is 4.78. The maximum absolute atomic E-state index is 10.7. The van der Waals surface area contributed by atoms with E-state index in [-0.39, 0.29) is 11.6 Å². The Balaban J connectivity index is 3.62. The first kappa shape index (κ1) is 12.2. The number of hydrogen-bond acceptors (Lipinski definition) is 2. The number of carbonyl (C=O) groups excluding carboxylic acids is 1. The zero-order valence-corrected chi connectivity index (χ0v) is 8.93. The predicted molar refractivity (Wildman–Crippen MR) is 54.5 cm³/mol. The zero-order valence-electron chi connectivity index (χ0n) is 8.93. The van der Waals surface area contributed by atoms with Gasteiger partial charge in [0.2, 0.25) is 0 Å². The maximum Gasteiger partial charge on any atom is 0.303 e. The Kier molecular flexibility index (Phi) is 5.44. The molecule has 0 unspecified atom stereocenters. The molecule has 0 aliphatic rings. The molecule has 2 nitrogen and oxygen atoms in total. The second-order valence-electron chi connectivity index (χ2n) is 3.89. The lowest BCUT2D eigenvalue weighted by molar-refractivity contribution is -0.154. The highest BCUT2D eigenvalue weighted by molar-refractivity contribution is 5.66. The Morgan fingerprint density at radius 2 is 2.08 bits per heavy atom. The van der Waals surface area contributed by atoms with Crippen LogP contribution >= 0.6 is 0 Å². The molecule has 0 aliphatic carbocycles. The molecule has 0 fully saturated rings. The number of carbonyl (C=O) groups is 1. The standard InChI is InChI=1S/C11H20O2/c1-5-6-7-8-9-11(3,4)13-10(2)12/h5H,1,6-9H2,2-4H3. The monoisotopic (exact) mass is 184 g/mol. The van der Waals surface area contributed by atoms with Gasteiger partial charge in [0, 0.05) is 6.92 Å². The van der Waals surface area contributed by atoms with Crippen LogP contribution in [0.5, 0.6) is 0 Å². The molecule has 76 valence electrons. The smallest absolute Gasteiger partial charge is 0.303 e. The van der Waals surface area contributed by atoms with Crippen LogP contribution in [0.2, 0.25) is 0 Å². The van der Waals surface area contributed by atoms with E-state index in [0.717, 1.165) is 25.7 Å². The Morgan fingerprint density at radius 1 is 1.46 bits per heavy atom. The number of ether oxygens (including phenoxy) is 1. The van der Waals surface area contributed by atoms with Crippen LogP contribution in [-0.2, 0) is 9.53 Å². The number of allylic oxidation sites excluding steroid dienone is 1. The van der Waals surface area contributed by atoms with Crippen molar-refractivity contribution < 1.29 is 9.53 Å². The average Bonchev–Trinajstić information content (AvgIpc) is 1.95. The molecular formula is C11H20O2. The molecule has 0 rings (SSSR count). The van der Waals surface area contributed by atoms with Crippen LogP contribution < -0.4 is 0 Å². The van der Waals surface area contributed by atoms with Gasteiger partial charge < -0.3 is 4.74 Å². The number of esters is 1. The van der Waals surface area contributed by atoms with Gasteiger partial charge in [0.15, 0.2) is 0 Å². The summed E-state index contributed by atoms with van der Waals surface area (Å²) in [5.41, 5.74) is -0.312. The summed E-state index contributed by atoms with van der Waals surface area (Å²) >= 11 is 0. The van der Waals surface area contributed by atoms with Crippen LogP contribution in [0.4, 0.5) is 0 Å². The summed E-state index contributed by atoms with van der Waals surface area (Å²) < 4.78 is 5.15. The van der Waals surface area contributed by atoms with Crippen molar-refractivity contribution in [1.82, 2.24) is 0 Å². The largest absolute Gasteiger partial charge is 0.460 e. The fraction of sp³-hybridized carbons (Fsp3) is 0.727. The van der Waals surface area contributed by atoms with Crippen molar-refractivity contribution in [1.29, 1.82) is 0 Å². The molecule has 0 spiro atoms. The van der Waals surface area contributed by atoms with Gasteiger partial charge in [-0.1, -0.05) is 6.08 Å². The van der Waals surface area contributed by atoms with Gasteiger partial charge in [-0.25, -0.2) is 0 Å². The third kappa shape index (κ3) is 7.57. The highest BCUT2D eigenvalue weighted by atomic mass is 16.6. The summed E-state index contributed by atoms with van der Waals surface area (Å²) in [6.45, 7) is 9.00. The van der Waals surface area contributed by atoms with Crippen molar-refractivity contribution in [3.8, 4) is 0 Å². The molecule has 0 aromatic carbocycles. The van der Waals surface area contributed by atoms with Crippen LogP contribution in [-0.4, -0.2) is 11.6 Å². The zero-order chi connectivity index (χ0) is 10.3. The van der Waals surface area contributed by atoms with Crippen molar-refractivity contribution in [2.45, 2.75) is 52.1 Å². The Labute approximate surface area is 81.0 Å². The average molecular weight is 184 g/mol. The van der Waals surface area contributed by atoms with Gasteiger partial charge in [0.1, 0.15) is 5.60 Å². The summed E-state index contributed by atoms with van der Waals surface area (Å²) in [5.74, 6) is -0.200. The molecule has 13 heavy (non-hydrogen) atoms. The quantitative estimate of drug-likeness (QED) is 0.360. The minimum absolute atomic E-state index is 0.200. The van der Waals surface area contributed by atoms with Crippen LogP contribution in [0.1, 0.15) is 46.5 Å². The maximum atomic E-state index is 10.7. The Morgan fingerprint density at radius 3 is 2.54 bits per heavy atom. The molecule has 0 aliphatic heterocycles. The topological polar surface area (TPSA) is 26.3 Å². The molecule has 0 N–H and O–H groups in total. The molecule has 0 saturated carbocycles. The van der Waals surface area contributed by atoms with Crippen LogP contribution in [0.15, 0.2) is 12.7 Å². The molecule has 0 aromatic heterocycles. The third-order valence-electron chi connectivity index (χ3n) is 1.86. The molecule has 0 aromatic rings. The van der Waals surface area contributed by atoms with E-state index in [1.165, 1.54) is 6.92 Å². The van der Waals surface area contributed by atoms with E-state index in [9.17, 15) is 4.79 Å². The molecule has 0 atom stereocenters. The van der Waals surface area contributed by atoms with Crippen molar-refractivity contribution in [3.63, 3.8) is 0 Å². The number of rotatable bonds is 6. The second-order valence-corrected chi connectivity index (χ2v) is 3.89. The SMILES string of the molecule is C=CCCCCC(C)(C)OC(C)=O. The van der Waals surface area contributed by atoms with E-state index in [2.05, 4.69) is 6.58 Å². The summed E-state index contributed by atoms with van der Waals surface area (Å²) in [5, 5.41) is 0. The second kappa shape index (κ2) is 5.79. The predicted octanol–water partition coefficient (Wildman–Crippen LogP) is 3.07. The molecule has 0 heterocycles. The van der Waals surface area contributed by atoms with E-state index >= 15 is 0 Å². The van der Waals surface area contributed by atoms with Gasteiger partial charge in [-0.05, 0) is 39.5 Å². The lowest BCUT2D eigenvalue weighted by Gasteiger charge is -2.24. The number of unbranched alkanes of at least 4 members (excludes halogenated alkanes) is 2. The Bertz CT molecular complexity index is 171. The van der Waals surface area contributed by atoms with E-state index in [4.69, 9.17) is 4.74 Å². The number of hydrogen-bond donors (Lipinski definition) is 0. The highest BCUT2D eigenvalue weighted by Gasteiger charge is 2.19. The molecule has 0 amide bonds. The van der Waals surface area contributed by atoms with E-state index < -0.39 is 0 Å². The van der Waals surface area contributed by atoms with Gasteiger partial charge in [0.25, 0.3) is 0 Å². The van der Waals surface area contributed by atoms with E-state index in [1.54, 1.807) is 0 Å². The van der Waals surface area contributed by atoms with Crippen molar-refractivity contribution >= 4 is 5.97 Å². The molecular weight excluding hydrogens is 164 g/mol. The van der Waals surface area contributed by atoms with Gasteiger partial charge in [-0.3, -0.25) is 4.79 Å².